The van der Waals surface area contributed by atoms with Crippen LogP contribution in [0.15, 0.2) is 18.2 Å². The molecule has 1 aliphatic rings. The highest BCUT2D eigenvalue weighted by molar-refractivity contribution is 5.85. The van der Waals surface area contributed by atoms with Crippen LogP contribution >= 0.6 is 12.4 Å². The first-order valence-corrected chi connectivity index (χ1v) is 5.20. The molecule has 0 saturated carbocycles. The van der Waals surface area contributed by atoms with Crippen molar-refractivity contribution in [2.45, 2.75) is 25.3 Å². The fourth-order valence-electron chi connectivity index (χ4n) is 2.31. The third-order valence-corrected chi connectivity index (χ3v) is 3.01. The number of ether oxygens (including phenoxy) is 1. The molecule has 3 heteroatoms. The van der Waals surface area contributed by atoms with Gasteiger partial charge in [-0.3, -0.25) is 0 Å². The van der Waals surface area contributed by atoms with Gasteiger partial charge in [0.15, 0.2) is 0 Å². The summed E-state index contributed by atoms with van der Waals surface area (Å²) in [7, 11) is 3.77. The number of aryl methyl sites for hydroxylation is 1. The van der Waals surface area contributed by atoms with Crippen LogP contribution in [0.5, 0.6) is 5.75 Å². The van der Waals surface area contributed by atoms with Crippen molar-refractivity contribution < 1.29 is 4.74 Å². The van der Waals surface area contributed by atoms with Gasteiger partial charge in [0.25, 0.3) is 0 Å². The summed E-state index contributed by atoms with van der Waals surface area (Å²) in [6.45, 7) is 0. The Hall–Kier alpha value is -0.730. The average molecular weight is 228 g/mol. The van der Waals surface area contributed by atoms with Crippen molar-refractivity contribution in [2.75, 3.05) is 14.2 Å². The summed E-state index contributed by atoms with van der Waals surface area (Å²) in [6.07, 6.45) is 3.67. The third-order valence-electron chi connectivity index (χ3n) is 3.01. The van der Waals surface area contributed by atoms with E-state index in [1.807, 2.05) is 7.05 Å². The second-order valence-electron chi connectivity index (χ2n) is 3.77. The zero-order valence-electron chi connectivity index (χ0n) is 9.25. The van der Waals surface area contributed by atoms with E-state index in [2.05, 4.69) is 23.5 Å². The van der Waals surface area contributed by atoms with Crippen LogP contribution < -0.4 is 10.1 Å². The molecular formula is C12H18ClNO. The molecule has 0 amide bonds. The monoisotopic (exact) mass is 227 g/mol. The van der Waals surface area contributed by atoms with E-state index >= 15 is 0 Å². The zero-order chi connectivity index (χ0) is 9.97. The molecule has 0 aromatic heterocycles. The predicted molar refractivity (Wildman–Crippen MR) is 65.0 cm³/mol. The molecule has 1 aliphatic carbocycles. The number of nitrogens with one attached hydrogen (secondary N) is 1. The maximum absolute atomic E-state index is 5.40. The summed E-state index contributed by atoms with van der Waals surface area (Å²) in [6, 6.07) is 6.81. The number of hydrogen-bond acceptors (Lipinski definition) is 2. The van der Waals surface area contributed by atoms with Gasteiger partial charge in [-0.2, -0.15) is 0 Å². The summed E-state index contributed by atoms with van der Waals surface area (Å²) in [5.41, 5.74) is 2.80. The molecular weight excluding hydrogens is 210 g/mol. The lowest BCUT2D eigenvalue weighted by Crippen LogP contribution is -2.22. The van der Waals surface area contributed by atoms with Gasteiger partial charge in [0.05, 0.1) is 7.11 Å². The molecule has 1 N–H and O–H groups in total. The molecule has 1 atom stereocenters. The fourth-order valence-corrected chi connectivity index (χ4v) is 2.31. The van der Waals surface area contributed by atoms with Crippen LogP contribution in [0.1, 0.15) is 30.0 Å². The molecule has 0 unspecified atom stereocenters. The normalized spacial score (nSPS) is 18.9. The lowest BCUT2D eigenvalue weighted by Gasteiger charge is -2.26. The number of halogens is 1. The molecule has 0 fully saturated rings. The van der Waals surface area contributed by atoms with Crippen LogP contribution in [0.25, 0.3) is 0 Å². The number of rotatable bonds is 2. The molecule has 0 spiro atoms. The van der Waals surface area contributed by atoms with Gasteiger partial charge in [-0.05, 0) is 37.9 Å². The van der Waals surface area contributed by atoms with E-state index in [0.717, 1.165) is 5.75 Å². The van der Waals surface area contributed by atoms with Crippen LogP contribution in [-0.4, -0.2) is 14.2 Å². The SMILES string of the molecule is CN[C@H]1CCCc2cccc(OC)c21.Cl. The maximum Gasteiger partial charge on any atom is 0.123 e. The topological polar surface area (TPSA) is 21.3 Å². The van der Waals surface area contributed by atoms with Gasteiger partial charge in [0.1, 0.15) is 5.75 Å². The quantitative estimate of drug-likeness (QED) is 0.839. The molecule has 0 aliphatic heterocycles. The standard InChI is InChI=1S/C12H17NO.ClH/c1-13-10-7-3-5-9-6-4-8-11(14-2)12(9)10;/h4,6,8,10,13H,3,5,7H2,1-2H3;1H/t10-;/m0./s1. The van der Waals surface area contributed by atoms with Crippen molar-refractivity contribution in [3.8, 4) is 5.75 Å². The molecule has 1 aromatic carbocycles. The summed E-state index contributed by atoms with van der Waals surface area (Å²) in [5, 5.41) is 3.35. The van der Waals surface area contributed by atoms with Crippen molar-refractivity contribution in [1.29, 1.82) is 0 Å². The molecule has 0 bridgehead atoms. The van der Waals surface area contributed by atoms with E-state index in [0.29, 0.717) is 6.04 Å². The van der Waals surface area contributed by atoms with Gasteiger partial charge < -0.3 is 10.1 Å². The Morgan fingerprint density at radius 1 is 1.40 bits per heavy atom. The van der Waals surface area contributed by atoms with Gasteiger partial charge in [0, 0.05) is 11.6 Å². The van der Waals surface area contributed by atoms with Gasteiger partial charge in [0.2, 0.25) is 0 Å². The van der Waals surface area contributed by atoms with Gasteiger partial charge in [-0.15, -0.1) is 12.4 Å². The number of fused-ring (bicyclic) bond motifs is 1. The minimum absolute atomic E-state index is 0. The lowest BCUT2D eigenvalue weighted by atomic mass is 9.87. The third kappa shape index (κ3) is 2.27. The first kappa shape index (κ1) is 12.3. The Kier molecular flexibility index (Phi) is 4.43. The van der Waals surface area contributed by atoms with Gasteiger partial charge in [-0.1, -0.05) is 12.1 Å². The molecule has 2 nitrogen and oxygen atoms in total. The highest BCUT2D eigenvalue weighted by Crippen LogP contribution is 2.35. The Labute approximate surface area is 97.4 Å². The first-order valence-electron chi connectivity index (χ1n) is 5.20. The largest absolute Gasteiger partial charge is 0.496 e. The van der Waals surface area contributed by atoms with Crippen molar-refractivity contribution in [1.82, 2.24) is 5.32 Å². The first-order chi connectivity index (χ1) is 6.86. The minimum Gasteiger partial charge on any atom is -0.496 e. The summed E-state index contributed by atoms with van der Waals surface area (Å²) in [4.78, 5) is 0. The zero-order valence-corrected chi connectivity index (χ0v) is 10.1. The maximum atomic E-state index is 5.40. The van der Waals surface area contributed by atoms with Gasteiger partial charge in [-0.25, -0.2) is 0 Å². The van der Waals surface area contributed by atoms with E-state index in [9.17, 15) is 0 Å². The predicted octanol–water partition coefficient (Wildman–Crippen LogP) is 2.71. The average Bonchev–Trinajstić information content (AvgIpc) is 2.27. The summed E-state index contributed by atoms with van der Waals surface area (Å²) < 4.78 is 5.40. The van der Waals surface area contributed by atoms with Crippen molar-refractivity contribution >= 4 is 12.4 Å². The molecule has 2 rings (SSSR count). The molecule has 1 aromatic rings. The summed E-state index contributed by atoms with van der Waals surface area (Å²) in [5.74, 6) is 1.03. The van der Waals surface area contributed by atoms with E-state index in [-0.39, 0.29) is 12.4 Å². The second-order valence-corrected chi connectivity index (χ2v) is 3.77. The van der Waals surface area contributed by atoms with Gasteiger partial charge >= 0.3 is 0 Å². The number of methoxy groups -OCH3 is 1. The Morgan fingerprint density at radius 2 is 2.20 bits per heavy atom. The van der Waals surface area contributed by atoms with E-state index in [1.54, 1.807) is 7.11 Å². The number of benzene rings is 1. The Morgan fingerprint density at radius 3 is 2.87 bits per heavy atom. The number of hydrogen-bond donors (Lipinski definition) is 1. The van der Waals surface area contributed by atoms with Crippen molar-refractivity contribution in [3.63, 3.8) is 0 Å². The Balaban J connectivity index is 0.00000112. The van der Waals surface area contributed by atoms with E-state index < -0.39 is 0 Å². The van der Waals surface area contributed by atoms with Crippen molar-refractivity contribution in [3.05, 3.63) is 29.3 Å². The van der Waals surface area contributed by atoms with Crippen LogP contribution in [0.2, 0.25) is 0 Å². The van der Waals surface area contributed by atoms with Crippen LogP contribution in [-0.2, 0) is 6.42 Å². The lowest BCUT2D eigenvalue weighted by molar-refractivity contribution is 0.390. The smallest absolute Gasteiger partial charge is 0.123 e. The molecule has 15 heavy (non-hydrogen) atoms. The molecule has 0 saturated heterocycles. The molecule has 0 heterocycles. The fraction of sp³-hybridized carbons (Fsp3) is 0.500. The van der Waals surface area contributed by atoms with Crippen LogP contribution in [0.3, 0.4) is 0 Å². The molecule has 84 valence electrons. The highest BCUT2D eigenvalue weighted by atomic mass is 35.5. The van der Waals surface area contributed by atoms with Crippen LogP contribution in [0.4, 0.5) is 0 Å². The van der Waals surface area contributed by atoms with Crippen molar-refractivity contribution in [2.24, 2.45) is 0 Å². The van der Waals surface area contributed by atoms with Crippen LogP contribution in [0, 0.1) is 0 Å². The summed E-state index contributed by atoms with van der Waals surface area (Å²) >= 11 is 0. The van der Waals surface area contributed by atoms with E-state index in [1.165, 1.54) is 30.4 Å². The highest BCUT2D eigenvalue weighted by Gasteiger charge is 2.21. The second kappa shape index (κ2) is 5.38. The minimum atomic E-state index is 0. The molecule has 0 radical (unpaired) electrons. The Bertz CT molecular complexity index is 313. The van der Waals surface area contributed by atoms with E-state index in [4.69, 9.17) is 4.74 Å².